The van der Waals surface area contributed by atoms with Gasteiger partial charge in [-0.3, -0.25) is 24.2 Å². The van der Waals surface area contributed by atoms with E-state index in [9.17, 15) is 39.6 Å². The number of rotatable bonds is 11. The Morgan fingerprint density at radius 3 is 2.45 bits per heavy atom. The van der Waals surface area contributed by atoms with Crippen LogP contribution in [0, 0.1) is 30.6 Å². The normalized spacial score (nSPS) is 36.1. The quantitative estimate of drug-likeness (QED) is 0.120. The topological polar surface area (TPSA) is 214 Å². The van der Waals surface area contributed by atoms with Crippen molar-refractivity contribution in [1.82, 2.24) is 26.1 Å². The largest absolute Gasteiger partial charge is 0.511 e. The zero-order valence-corrected chi connectivity index (χ0v) is 27.5. The fraction of sp³-hybridized carbons (Fsp3) is 0.515. The molecule has 5 aliphatic rings. The van der Waals surface area contributed by atoms with Gasteiger partial charge in [-0.05, 0) is 43.6 Å². The first-order chi connectivity index (χ1) is 22.1. The highest BCUT2D eigenvalue weighted by molar-refractivity contribution is 8.06. The van der Waals surface area contributed by atoms with Gasteiger partial charge in [-0.2, -0.15) is 11.8 Å². The number of amides is 2. The standard InChI is InChI=1S/C33H41N5O8S/c1-6-18-31(45)36-25(32(18,5)46)10-19-14(2)28(23(39)11-27(42)43)20(34-19)9-22-17(7-8-26(40)41)16(4)33(37-38(22)33)12-21-29(24-13-47-24)15(3)30(44)35-21/h6,9,12,15-16,18,24-25,29,34,37,39,46H,1,7-8,10-11,13H2,2-5H3,(H,35,44)(H,36,45)(H,40,41)(H,42,43)/b20-9-,21-12-,28-23+/t15-,16?,18?,24+,25-,29-,32+,33-,38?/m1/s1. The minimum atomic E-state index is -1.44. The SMILES string of the molecule is C=CC1C(=O)N[C@H](Cc2[nH]c(=C\C3=C(CCC(=O)O)C(C)[C@]4(/C=C5\NC(=O)[C@H](C)[C@H]5[C@@H]5CS5)NN34)/c(=C(/O)CC(=O)O)c2C)[C@@]1(C)O. The molecule has 47 heavy (non-hydrogen) atoms. The fourth-order valence-electron chi connectivity index (χ4n) is 7.65. The zero-order valence-electron chi connectivity index (χ0n) is 26.7. The lowest BCUT2D eigenvalue weighted by atomic mass is 9.85. The zero-order chi connectivity index (χ0) is 34.2. The van der Waals surface area contributed by atoms with Crippen molar-refractivity contribution in [3.05, 3.63) is 57.5 Å². The summed E-state index contributed by atoms with van der Waals surface area (Å²) in [4.78, 5) is 51.9. The Bertz CT molecular complexity index is 1770. The van der Waals surface area contributed by atoms with Gasteiger partial charge in [-0.25, -0.2) is 5.43 Å². The van der Waals surface area contributed by atoms with Gasteiger partial charge in [-0.15, -0.1) is 6.58 Å². The number of hydrogen-bond donors (Lipinski definition) is 8. The van der Waals surface area contributed by atoms with E-state index in [1.54, 1.807) is 19.9 Å². The van der Waals surface area contributed by atoms with E-state index in [4.69, 9.17) is 0 Å². The average Bonchev–Trinajstić information content (AvgIpc) is 3.85. The van der Waals surface area contributed by atoms with Crippen LogP contribution in [0.25, 0.3) is 11.8 Å². The molecule has 14 heteroatoms. The highest BCUT2D eigenvalue weighted by Crippen LogP contribution is 2.53. The van der Waals surface area contributed by atoms with Gasteiger partial charge in [0, 0.05) is 58.2 Å². The molecule has 5 aliphatic heterocycles. The summed E-state index contributed by atoms with van der Waals surface area (Å²) < 4.78 is 0. The Kier molecular flexibility index (Phi) is 8.12. The van der Waals surface area contributed by atoms with Gasteiger partial charge in [0.05, 0.1) is 28.6 Å². The number of hydrogen-bond acceptors (Lipinski definition) is 9. The van der Waals surface area contributed by atoms with E-state index in [2.05, 4.69) is 27.6 Å². The van der Waals surface area contributed by atoms with Gasteiger partial charge in [-0.1, -0.05) is 19.9 Å². The maximum atomic E-state index is 12.7. The van der Waals surface area contributed by atoms with Crippen LogP contribution < -0.4 is 26.6 Å². The van der Waals surface area contributed by atoms with Gasteiger partial charge in [0.2, 0.25) is 11.8 Å². The lowest BCUT2D eigenvalue weighted by Gasteiger charge is -2.27. The molecule has 6 rings (SSSR count). The molecule has 0 aromatic carbocycles. The molecule has 0 saturated carbocycles. The molecule has 4 saturated heterocycles. The maximum Gasteiger partial charge on any atom is 0.311 e. The number of carbonyl (C=O) groups is 4. The summed E-state index contributed by atoms with van der Waals surface area (Å²) in [5, 5.41) is 50.2. The predicted molar refractivity (Wildman–Crippen MR) is 173 cm³/mol. The van der Waals surface area contributed by atoms with E-state index < -0.39 is 41.6 Å². The molecule has 0 radical (unpaired) electrons. The Hall–Kier alpha value is -4.01. The van der Waals surface area contributed by atoms with E-state index in [1.807, 2.05) is 36.7 Å². The molecule has 252 valence electrons. The maximum absolute atomic E-state index is 12.7. The van der Waals surface area contributed by atoms with Gasteiger partial charge in [0.1, 0.15) is 17.8 Å². The summed E-state index contributed by atoms with van der Waals surface area (Å²) in [6.45, 7) is 10.9. The first kappa shape index (κ1) is 32.9. The average molecular weight is 668 g/mol. The van der Waals surface area contributed by atoms with Crippen LogP contribution in [0.3, 0.4) is 0 Å². The number of carboxylic acids is 2. The third kappa shape index (κ3) is 5.55. The molecule has 8 atom stereocenters. The number of H-pyrrole nitrogens is 1. The third-order valence-electron chi connectivity index (χ3n) is 10.5. The van der Waals surface area contributed by atoms with E-state index in [0.29, 0.717) is 27.6 Å². The molecule has 8 N–H and O–H groups in total. The number of thioether (sulfide) groups is 1. The molecule has 0 bridgehead atoms. The summed E-state index contributed by atoms with van der Waals surface area (Å²) in [5.74, 6) is -3.02. The minimum Gasteiger partial charge on any atom is -0.511 e. The van der Waals surface area contributed by atoms with Crippen molar-refractivity contribution in [2.75, 3.05) is 5.75 Å². The molecular formula is C33H41N5O8S. The van der Waals surface area contributed by atoms with E-state index in [-0.39, 0.29) is 59.8 Å². The van der Waals surface area contributed by atoms with Gasteiger partial charge >= 0.3 is 11.9 Å². The number of aliphatic hydroxyl groups excluding tert-OH is 1. The highest BCUT2D eigenvalue weighted by atomic mass is 32.2. The minimum absolute atomic E-state index is 0.0193. The molecule has 0 aliphatic carbocycles. The van der Waals surface area contributed by atoms with Crippen molar-refractivity contribution in [2.45, 2.75) is 75.9 Å². The fourth-order valence-corrected chi connectivity index (χ4v) is 8.56. The number of carbonyl (C=O) groups excluding carboxylic acids is 2. The number of hydrazine groups is 1. The van der Waals surface area contributed by atoms with Crippen LogP contribution in [0.2, 0.25) is 0 Å². The highest BCUT2D eigenvalue weighted by Gasteiger charge is 2.62. The summed E-state index contributed by atoms with van der Waals surface area (Å²) in [6.07, 6.45) is 4.91. The lowest BCUT2D eigenvalue weighted by molar-refractivity contribution is -0.137. The summed E-state index contributed by atoms with van der Waals surface area (Å²) in [7, 11) is 0. The Morgan fingerprint density at radius 1 is 1.15 bits per heavy atom. The molecule has 13 nitrogen and oxygen atoms in total. The van der Waals surface area contributed by atoms with Crippen molar-refractivity contribution in [2.24, 2.45) is 23.7 Å². The summed E-state index contributed by atoms with van der Waals surface area (Å²) in [5.41, 5.74) is 4.82. The number of aliphatic hydroxyl groups is 2. The van der Waals surface area contributed by atoms with Crippen molar-refractivity contribution in [3.63, 3.8) is 0 Å². The van der Waals surface area contributed by atoms with E-state index >= 15 is 0 Å². The summed E-state index contributed by atoms with van der Waals surface area (Å²) in [6, 6.07) is -0.691. The van der Waals surface area contributed by atoms with Crippen LogP contribution in [-0.4, -0.2) is 82.5 Å². The number of carboxylic acid groups (broad SMARTS) is 2. The first-order valence-electron chi connectivity index (χ1n) is 15.8. The second-order valence-electron chi connectivity index (χ2n) is 13.5. The number of aliphatic carboxylic acids is 2. The smallest absolute Gasteiger partial charge is 0.311 e. The van der Waals surface area contributed by atoms with Gasteiger partial charge < -0.3 is 36.0 Å². The van der Waals surface area contributed by atoms with Crippen molar-refractivity contribution in [3.8, 4) is 0 Å². The van der Waals surface area contributed by atoms with Crippen molar-refractivity contribution >= 4 is 47.4 Å². The van der Waals surface area contributed by atoms with Crippen LogP contribution in [-0.2, 0) is 25.6 Å². The summed E-state index contributed by atoms with van der Waals surface area (Å²) >= 11 is 1.82. The molecule has 0 spiro atoms. The monoisotopic (exact) mass is 667 g/mol. The number of fused-ring (bicyclic) bond motifs is 1. The van der Waals surface area contributed by atoms with Crippen molar-refractivity contribution in [1.29, 1.82) is 0 Å². The Balaban J connectivity index is 1.45. The van der Waals surface area contributed by atoms with E-state index in [1.165, 1.54) is 6.08 Å². The molecular weight excluding hydrogens is 626 g/mol. The molecule has 2 unspecified atom stereocenters. The second-order valence-corrected chi connectivity index (χ2v) is 14.7. The van der Waals surface area contributed by atoms with Crippen LogP contribution in [0.5, 0.6) is 0 Å². The first-order valence-corrected chi connectivity index (χ1v) is 16.8. The number of aromatic nitrogens is 1. The molecule has 2 amide bonds. The molecule has 1 aromatic rings. The van der Waals surface area contributed by atoms with Gasteiger partial charge in [0.15, 0.2) is 0 Å². The number of nitrogens with one attached hydrogen (secondary N) is 4. The predicted octanol–water partition coefficient (Wildman–Crippen LogP) is 0.505. The number of nitrogens with zero attached hydrogens (tertiary/aromatic N) is 1. The molecule has 4 fully saturated rings. The lowest BCUT2D eigenvalue weighted by Crippen LogP contribution is -2.44. The van der Waals surface area contributed by atoms with Crippen LogP contribution in [0.15, 0.2) is 35.7 Å². The van der Waals surface area contributed by atoms with Crippen LogP contribution in [0.1, 0.15) is 51.3 Å². The Morgan fingerprint density at radius 2 is 1.85 bits per heavy atom. The van der Waals surface area contributed by atoms with Gasteiger partial charge in [0.25, 0.3) is 0 Å². The molecule has 1 aromatic heterocycles. The third-order valence-corrected chi connectivity index (χ3v) is 11.5. The number of allylic oxidation sites excluding steroid dienone is 2. The van der Waals surface area contributed by atoms with Crippen LogP contribution in [0.4, 0.5) is 0 Å². The van der Waals surface area contributed by atoms with Crippen molar-refractivity contribution < 1.29 is 39.6 Å². The second kappa shape index (κ2) is 11.6. The molecule has 6 heterocycles. The van der Waals surface area contributed by atoms with E-state index in [0.717, 1.165) is 17.0 Å². The number of aromatic amines is 1. The Labute approximate surface area is 275 Å². The van der Waals surface area contributed by atoms with Crippen LogP contribution >= 0.6 is 11.8 Å².